The zero-order chi connectivity index (χ0) is 20.1. The lowest BCUT2D eigenvalue weighted by Gasteiger charge is -2.11. The fourth-order valence-electron chi connectivity index (χ4n) is 2.65. The predicted molar refractivity (Wildman–Crippen MR) is 104 cm³/mol. The summed E-state index contributed by atoms with van der Waals surface area (Å²) < 4.78 is 5.11. The van der Waals surface area contributed by atoms with E-state index >= 15 is 0 Å². The summed E-state index contributed by atoms with van der Waals surface area (Å²) >= 11 is 0. The average molecular weight is 376 g/mol. The molecule has 3 aromatic rings. The minimum absolute atomic E-state index is 0.0386. The van der Waals surface area contributed by atoms with Crippen LogP contribution in [0.1, 0.15) is 26.3 Å². The number of non-ortho nitro benzene ring substituents is 1. The van der Waals surface area contributed by atoms with E-state index in [1.54, 1.807) is 54.6 Å². The minimum Gasteiger partial charge on any atom is -0.497 e. The molecule has 0 saturated carbocycles. The van der Waals surface area contributed by atoms with Gasteiger partial charge in [-0.15, -0.1) is 0 Å². The van der Waals surface area contributed by atoms with Gasteiger partial charge in [-0.05, 0) is 24.3 Å². The third-order valence-corrected chi connectivity index (χ3v) is 4.07. The number of nitro benzene ring substituents is 1. The summed E-state index contributed by atoms with van der Waals surface area (Å²) in [6.07, 6.45) is 0. The number of hydrogen-bond donors (Lipinski definition) is 1. The molecule has 28 heavy (non-hydrogen) atoms. The molecule has 0 aromatic heterocycles. The highest BCUT2D eigenvalue weighted by Crippen LogP contribution is 2.26. The lowest BCUT2D eigenvalue weighted by molar-refractivity contribution is -0.384. The second kappa shape index (κ2) is 8.13. The predicted octanol–water partition coefficient (Wildman–Crippen LogP) is 4.09. The molecule has 0 unspecified atom stereocenters. The first kappa shape index (κ1) is 18.8. The second-order valence-electron chi connectivity index (χ2n) is 5.87. The lowest BCUT2D eigenvalue weighted by Crippen LogP contribution is -2.15. The van der Waals surface area contributed by atoms with Gasteiger partial charge in [-0.1, -0.05) is 36.4 Å². The van der Waals surface area contributed by atoms with Crippen LogP contribution in [0.2, 0.25) is 0 Å². The summed E-state index contributed by atoms with van der Waals surface area (Å²) in [4.78, 5) is 36.0. The Bertz CT molecular complexity index is 1050. The average Bonchev–Trinajstić information content (AvgIpc) is 2.74. The number of hydrogen-bond acceptors (Lipinski definition) is 5. The zero-order valence-corrected chi connectivity index (χ0v) is 14.9. The largest absolute Gasteiger partial charge is 0.497 e. The Labute approximate surface area is 160 Å². The highest BCUT2D eigenvalue weighted by molar-refractivity contribution is 6.15. The maximum absolute atomic E-state index is 12.9. The highest BCUT2D eigenvalue weighted by Gasteiger charge is 2.20. The first-order chi connectivity index (χ1) is 13.5. The molecule has 0 spiro atoms. The van der Waals surface area contributed by atoms with Gasteiger partial charge < -0.3 is 10.1 Å². The minimum atomic E-state index is -0.588. The fourth-order valence-corrected chi connectivity index (χ4v) is 2.65. The molecule has 0 radical (unpaired) electrons. The molecule has 7 nitrogen and oxygen atoms in total. The fraction of sp³-hybridized carbons (Fsp3) is 0.0476. The Morgan fingerprint density at radius 3 is 2.32 bits per heavy atom. The van der Waals surface area contributed by atoms with E-state index in [9.17, 15) is 19.7 Å². The number of methoxy groups -OCH3 is 1. The number of nitrogens with zero attached hydrogens (tertiary/aromatic N) is 1. The molecule has 0 atom stereocenters. The molecule has 1 amide bonds. The Hall–Kier alpha value is -4.00. The summed E-state index contributed by atoms with van der Waals surface area (Å²) in [5, 5.41) is 13.8. The van der Waals surface area contributed by atoms with Gasteiger partial charge in [-0.3, -0.25) is 19.7 Å². The number of amides is 1. The standard InChI is InChI=1S/C21H16N2O5/c1-28-17-9-5-8-15(12-17)21(25)22-19-11-10-16(23(26)27)13-18(19)20(24)14-6-3-2-4-7-14/h2-13H,1H3,(H,22,25). The Morgan fingerprint density at radius 1 is 0.929 bits per heavy atom. The highest BCUT2D eigenvalue weighted by atomic mass is 16.6. The van der Waals surface area contributed by atoms with E-state index in [4.69, 9.17) is 4.74 Å². The van der Waals surface area contributed by atoms with Gasteiger partial charge in [0, 0.05) is 23.3 Å². The zero-order valence-electron chi connectivity index (χ0n) is 14.9. The van der Waals surface area contributed by atoms with Crippen molar-refractivity contribution in [3.05, 3.63) is 99.6 Å². The van der Waals surface area contributed by atoms with Crippen molar-refractivity contribution in [1.82, 2.24) is 0 Å². The molecule has 0 aliphatic carbocycles. The number of anilines is 1. The van der Waals surface area contributed by atoms with E-state index in [1.807, 2.05) is 0 Å². The van der Waals surface area contributed by atoms with Crippen molar-refractivity contribution in [2.45, 2.75) is 0 Å². The quantitative estimate of drug-likeness (QED) is 0.397. The summed E-state index contributed by atoms with van der Waals surface area (Å²) in [7, 11) is 1.49. The molecule has 0 heterocycles. The van der Waals surface area contributed by atoms with Crippen molar-refractivity contribution >= 4 is 23.1 Å². The number of ketones is 1. The van der Waals surface area contributed by atoms with Gasteiger partial charge in [0.05, 0.1) is 23.3 Å². The lowest BCUT2D eigenvalue weighted by atomic mass is 10.0. The number of carbonyl (C=O) groups excluding carboxylic acids is 2. The van der Waals surface area contributed by atoms with Crippen LogP contribution >= 0.6 is 0 Å². The van der Waals surface area contributed by atoms with Crippen LogP contribution in [-0.2, 0) is 0 Å². The first-order valence-electron chi connectivity index (χ1n) is 8.33. The van der Waals surface area contributed by atoms with E-state index in [-0.39, 0.29) is 16.9 Å². The topological polar surface area (TPSA) is 98.5 Å². The van der Waals surface area contributed by atoms with E-state index < -0.39 is 16.6 Å². The SMILES string of the molecule is COc1cccc(C(=O)Nc2ccc([N+](=O)[O-])cc2C(=O)c2ccccc2)c1. The molecule has 1 N–H and O–H groups in total. The summed E-state index contributed by atoms with van der Waals surface area (Å²) in [6, 6.07) is 18.6. The van der Waals surface area contributed by atoms with Crippen molar-refractivity contribution in [3.8, 4) is 5.75 Å². The summed E-state index contributed by atoms with van der Waals surface area (Å²) in [5.41, 5.74) is 0.679. The van der Waals surface area contributed by atoms with Gasteiger partial charge in [0.15, 0.2) is 5.78 Å². The van der Waals surface area contributed by atoms with E-state index in [0.717, 1.165) is 6.07 Å². The van der Waals surface area contributed by atoms with Crippen LogP contribution in [0.4, 0.5) is 11.4 Å². The molecule has 3 aromatic carbocycles. The first-order valence-corrected chi connectivity index (χ1v) is 8.33. The number of rotatable bonds is 6. The normalized spacial score (nSPS) is 10.2. The molecular formula is C21H16N2O5. The van der Waals surface area contributed by atoms with Crippen LogP contribution in [0, 0.1) is 10.1 Å². The molecule has 0 fully saturated rings. The van der Waals surface area contributed by atoms with Gasteiger partial charge >= 0.3 is 0 Å². The van der Waals surface area contributed by atoms with Crippen molar-refractivity contribution in [3.63, 3.8) is 0 Å². The molecule has 140 valence electrons. The van der Waals surface area contributed by atoms with E-state index in [2.05, 4.69) is 5.32 Å². The van der Waals surface area contributed by atoms with Crippen molar-refractivity contribution in [2.24, 2.45) is 0 Å². The van der Waals surface area contributed by atoms with Crippen molar-refractivity contribution in [1.29, 1.82) is 0 Å². The van der Waals surface area contributed by atoms with Crippen LogP contribution in [0.25, 0.3) is 0 Å². The maximum Gasteiger partial charge on any atom is 0.270 e. The van der Waals surface area contributed by atoms with Crippen molar-refractivity contribution in [2.75, 3.05) is 12.4 Å². The van der Waals surface area contributed by atoms with Crippen LogP contribution in [0.3, 0.4) is 0 Å². The smallest absolute Gasteiger partial charge is 0.270 e. The van der Waals surface area contributed by atoms with Crippen molar-refractivity contribution < 1.29 is 19.2 Å². The van der Waals surface area contributed by atoms with Gasteiger partial charge in [0.1, 0.15) is 5.75 Å². The molecule has 0 saturated heterocycles. The number of nitrogens with one attached hydrogen (secondary N) is 1. The Morgan fingerprint density at radius 2 is 1.64 bits per heavy atom. The van der Waals surface area contributed by atoms with Gasteiger partial charge in [-0.2, -0.15) is 0 Å². The number of ether oxygens (including phenoxy) is 1. The van der Waals surface area contributed by atoms with Gasteiger partial charge in [0.25, 0.3) is 11.6 Å². The maximum atomic E-state index is 12.9. The summed E-state index contributed by atoms with van der Waals surface area (Å²) in [6.45, 7) is 0. The molecule has 3 rings (SSSR count). The molecule has 7 heteroatoms. The van der Waals surface area contributed by atoms with Crippen LogP contribution < -0.4 is 10.1 Å². The van der Waals surface area contributed by atoms with Crippen LogP contribution in [-0.4, -0.2) is 23.7 Å². The van der Waals surface area contributed by atoms with Crippen LogP contribution in [0.5, 0.6) is 5.75 Å². The second-order valence-corrected chi connectivity index (χ2v) is 5.87. The van der Waals surface area contributed by atoms with E-state index in [1.165, 1.54) is 19.2 Å². The number of nitro groups is 1. The molecule has 0 bridgehead atoms. The van der Waals surface area contributed by atoms with Gasteiger partial charge in [-0.25, -0.2) is 0 Å². The Kier molecular flexibility index (Phi) is 5.45. The number of benzene rings is 3. The third-order valence-electron chi connectivity index (χ3n) is 4.07. The molecule has 0 aliphatic rings. The van der Waals surface area contributed by atoms with Gasteiger partial charge in [0.2, 0.25) is 0 Å². The monoisotopic (exact) mass is 376 g/mol. The molecular weight excluding hydrogens is 360 g/mol. The summed E-state index contributed by atoms with van der Waals surface area (Å²) in [5.74, 6) is -0.378. The third kappa shape index (κ3) is 4.04. The van der Waals surface area contributed by atoms with E-state index in [0.29, 0.717) is 16.9 Å². The number of carbonyl (C=O) groups is 2. The molecule has 0 aliphatic heterocycles. The Balaban J connectivity index is 1.99. The van der Waals surface area contributed by atoms with Crippen LogP contribution in [0.15, 0.2) is 72.8 Å².